The number of benzene rings is 3. The van der Waals surface area contributed by atoms with Gasteiger partial charge in [-0.3, -0.25) is 0 Å². The molecule has 33 heavy (non-hydrogen) atoms. The highest BCUT2D eigenvalue weighted by atomic mass is 32.2. The van der Waals surface area contributed by atoms with Gasteiger partial charge < -0.3 is 10.3 Å². The number of para-hydroxylation sites is 1. The van der Waals surface area contributed by atoms with Gasteiger partial charge in [-0.15, -0.1) is 0 Å². The third-order valence-corrected chi connectivity index (χ3v) is 6.79. The number of fused-ring (bicyclic) bond motifs is 2. The molecule has 2 heterocycles. The summed E-state index contributed by atoms with van der Waals surface area (Å²) in [4.78, 5) is 12.4. The van der Waals surface area contributed by atoms with Crippen molar-refractivity contribution in [2.75, 3.05) is 11.6 Å². The first kappa shape index (κ1) is 21.1. The van der Waals surface area contributed by atoms with Gasteiger partial charge in [-0.25, -0.2) is 22.8 Å². The lowest BCUT2D eigenvalue weighted by molar-refractivity contribution is 0.602. The lowest BCUT2D eigenvalue weighted by atomic mass is 9.98. The molecule has 1 atom stereocenters. The molecule has 5 rings (SSSR count). The van der Waals surface area contributed by atoms with Crippen LogP contribution in [0.25, 0.3) is 33.2 Å². The van der Waals surface area contributed by atoms with Crippen LogP contribution in [0.5, 0.6) is 0 Å². The van der Waals surface area contributed by atoms with Crippen LogP contribution in [0, 0.1) is 5.82 Å². The highest BCUT2D eigenvalue weighted by molar-refractivity contribution is 7.90. The summed E-state index contributed by atoms with van der Waals surface area (Å²) in [7, 11) is -3.51. The molecule has 0 saturated heterocycles. The minimum Gasteiger partial charge on any atom is -0.377 e. The Morgan fingerprint density at radius 2 is 1.85 bits per heavy atom. The molecular formula is C25H21FN4O2S. The van der Waals surface area contributed by atoms with Gasteiger partial charge >= 0.3 is 0 Å². The number of rotatable bonds is 5. The maximum absolute atomic E-state index is 13.9. The summed E-state index contributed by atoms with van der Waals surface area (Å²) in [5.74, 6) is -0.401. The molecule has 6 nitrogen and oxygen atoms in total. The van der Waals surface area contributed by atoms with E-state index in [4.69, 9.17) is 4.98 Å². The van der Waals surface area contributed by atoms with Gasteiger partial charge in [0.1, 0.15) is 11.3 Å². The van der Waals surface area contributed by atoms with E-state index < -0.39 is 15.7 Å². The molecule has 0 radical (unpaired) electrons. The van der Waals surface area contributed by atoms with Crippen LogP contribution in [0.3, 0.4) is 0 Å². The fourth-order valence-corrected chi connectivity index (χ4v) is 4.97. The molecule has 0 fully saturated rings. The zero-order chi connectivity index (χ0) is 23.2. The molecule has 3 aromatic carbocycles. The van der Waals surface area contributed by atoms with Crippen LogP contribution in [0.1, 0.15) is 18.5 Å². The normalized spacial score (nSPS) is 12.8. The summed E-state index contributed by atoms with van der Waals surface area (Å²) in [5, 5.41) is 4.25. The quantitative estimate of drug-likeness (QED) is 0.362. The van der Waals surface area contributed by atoms with Crippen molar-refractivity contribution in [3.8, 4) is 11.3 Å². The minimum atomic E-state index is -3.51. The lowest BCUT2D eigenvalue weighted by Gasteiger charge is -2.21. The van der Waals surface area contributed by atoms with E-state index in [0.717, 1.165) is 27.7 Å². The Morgan fingerprint density at radius 3 is 2.67 bits per heavy atom. The Bertz CT molecular complexity index is 1610. The molecule has 166 valence electrons. The number of H-pyrrole nitrogens is 1. The first-order chi connectivity index (χ1) is 15.8. The molecule has 0 aliphatic rings. The maximum Gasteiger partial charge on any atom is 0.176 e. The molecule has 0 aliphatic carbocycles. The minimum absolute atomic E-state index is 0.177. The second-order valence-electron chi connectivity index (χ2n) is 8.00. The van der Waals surface area contributed by atoms with E-state index in [1.807, 2.05) is 31.2 Å². The van der Waals surface area contributed by atoms with E-state index in [1.54, 1.807) is 36.7 Å². The van der Waals surface area contributed by atoms with Crippen molar-refractivity contribution >= 4 is 37.5 Å². The van der Waals surface area contributed by atoms with Crippen LogP contribution in [0.4, 0.5) is 10.1 Å². The van der Waals surface area contributed by atoms with Crippen LogP contribution < -0.4 is 5.32 Å². The Hall–Kier alpha value is -3.78. The predicted octanol–water partition coefficient (Wildman–Crippen LogP) is 5.49. The second-order valence-corrected chi connectivity index (χ2v) is 9.99. The fourth-order valence-electron chi connectivity index (χ4n) is 4.08. The number of aromatic nitrogens is 3. The molecular weight excluding hydrogens is 439 g/mol. The van der Waals surface area contributed by atoms with E-state index in [0.29, 0.717) is 16.8 Å². The number of halogens is 1. The Balaban J connectivity index is 1.71. The molecule has 0 unspecified atom stereocenters. The van der Waals surface area contributed by atoms with E-state index in [1.165, 1.54) is 18.4 Å². The standard InChI is InChI=1S/C25H21FN4O2S/c1-15(29-21-8-5-7-20-25(21)28-14-27-20)19-12-16-10-11-17(26)13-22(16)30-24(19)18-6-3-4-9-23(18)33(2,31)32/h3-15,29H,1-2H3,(H,27,28)/t15-/m0/s1. The summed E-state index contributed by atoms with van der Waals surface area (Å²) in [5.41, 5.74) is 4.76. The van der Waals surface area contributed by atoms with Crippen molar-refractivity contribution in [3.05, 3.63) is 84.4 Å². The van der Waals surface area contributed by atoms with Gasteiger partial charge in [0.2, 0.25) is 0 Å². The van der Waals surface area contributed by atoms with E-state index in [9.17, 15) is 12.8 Å². The van der Waals surface area contributed by atoms with Crippen molar-refractivity contribution in [2.45, 2.75) is 17.9 Å². The lowest BCUT2D eigenvalue weighted by Crippen LogP contribution is -2.11. The smallest absolute Gasteiger partial charge is 0.176 e. The first-order valence-corrected chi connectivity index (χ1v) is 12.3. The average molecular weight is 461 g/mol. The number of nitrogens with one attached hydrogen (secondary N) is 2. The summed E-state index contributed by atoms with van der Waals surface area (Å²) >= 11 is 0. The third-order valence-electron chi connectivity index (χ3n) is 5.64. The molecule has 2 aromatic heterocycles. The van der Waals surface area contributed by atoms with Crippen molar-refractivity contribution in [1.82, 2.24) is 15.0 Å². The summed E-state index contributed by atoms with van der Waals surface area (Å²) in [6.07, 6.45) is 2.81. The van der Waals surface area contributed by atoms with Gasteiger partial charge in [0, 0.05) is 28.8 Å². The molecule has 8 heteroatoms. The van der Waals surface area contributed by atoms with E-state index in [2.05, 4.69) is 15.3 Å². The van der Waals surface area contributed by atoms with Gasteiger partial charge in [0.15, 0.2) is 9.84 Å². The monoisotopic (exact) mass is 460 g/mol. The molecule has 0 amide bonds. The largest absolute Gasteiger partial charge is 0.377 e. The summed E-state index contributed by atoms with van der Waals surface area (Å²) < 4.78 is 39.0. The predicted molar refractivity (Wildman–Crippen MR) is 128 cm³/mol. The molecule has 2 N–H and O–H groups in total. The van der Waals surface area contributed by atoms with Crippen molar-refractivity contribution in [1.29, 1.82) is 0 Å². The number of hydrogen-bond acceptors (Lipinski definition) is 5. The van der Waals surface area contributed by atoms with Crippen LogP contribution >= 0.6 is 0 Å². The number of imidazole rings is 1. The van der Waals surface area contributed by atoms with Crippen LogP contribution in [-0.4, -0.2) is 29.6 Å². The van der Waals surface area contributed by atoms with Crippen molar-refractivity contribution in [3.63, 3.8) is 0 Å². The SMILES string of the molecule is C[C@H](Nc1cccc2[nH]cnc12)c1cc2ccc(F)cc2nc1-c1ccccc1S(C)(=O)=O. The molecule has 0 saturated carbocycles. The fraction of sp³-hybridized carbons (Fsp3) is 0.120. The van der Waals surface area contributed by atoms with Gasteiger partial charge in [0.25, 0.3) is 0 Å². The molecule has 0 aliphatic heterocycles. The number of nitrogens with zero attached hydrogens (tertiary/aromatic N) is 2. The Morgan fingerprint density at radius 1 is 1.03 bits per heavy atom. The van der Waals surface area contributed by atoms with Crippen LogP contribution in [0.2, 0.25) is 0 Å². The number of hydrogen-bond donors (Lipinski definition) is 2. The second kappa shape index (κ2) is 7.97. The number of sulfone groups is 1. The zero-order valence-electron chi connectivity index (χ0n) is 18.0. The molecule has 0 spiro atoms. The van der Waals surface area contributed by atoms with Crippen molar-refractivity contribution in [2.24, 2.45) is 0 Å². The number of pyridine rings is 1. The molecule has 5 aromatic rings. The highest BCUT2D eigenvalue weighted by Crippen LogP contribution is 2.35. The maximum atomic E-state index is 13.9. The highest BCUT2D eigenvalue weighted by Gasteiger charge is 2.21. The van der Waals surface area contributed by atoms with Gasteiger partial charge in [-0.2, -0.15) is 0 Å². The number of aromatic amines is 1. The Labute approximate surface area is 190 Å². The zero-order valence-corrected chi connectivity index (χ0v) is 18.8. The summed E-state index contributed by atoms with van der Waals surface area (Å²) in [6.45, 7) is 1.98. The first-order valence-electron chi connectivity index (χ1n) is 10.4. The third kappa shape index (κ3) is 3.93. The van der Waals surface area contributed by atoms with E-state index >= 15 is 0 Å². The molecule has 0 bridgehead atoms. The average Bonchev–Trinajstić information content (AvgIpc) is 3.27. The van der Waals surface area contributed by atoms with Gasteiger partial charge in [0.05, 0.1) is 39.7 Å². The topological polar surface area (TPSA) is 87.7 Å². The van der Waals surface area contributed by atoms with Gasteiger partial charge in [-0.1, -0.05) is 24.3 Å². The Kier molecular flexibility index (Phi) is 5.09. The summed E-state index contributed by atoms with van der Waals surface area (Å²) in [6, 6.07) is 18.7. The van der Waals surface area contributed by atoms with Crippen LogP contribution in [-0.2, 0) is 9.84 Å². The van der Waals surface area contributed by atoms with Crippen LogP contribution in [0.15, 0.2) is 78.0 Å². The van der Waals surface area contributed by atoms with Crippen molar-refractivity contribution < 1.29 is 12.8 Å². The number of anilines is 1. The van der Waals surface area contributed by atoms with Gasteiger partial charge in [-0.05, 0) is 43.3 Å². The van der Waals surface area contributed by atoms with E-state index in [-0.39, 0.29) is 10.9 Å².